The summed E-state index contributed by atoms with van der Waals surface area (Å²) in [6, 6.07) is 7.94. The molecule has 0 aromatic heterocycles. The zero-order valence-corrected chi connectivity index (χ0v) is 10.5. The standard InChI is InChI=1S/C13H18N2O3/c1-18-12-4-2-3-11(9-12)15-7-5-14(6-8-15)10-13(16)17/h2-4,9H,5-8,10H2,1H3,(H,16,17). The first-order chi connectivity index (χ1) is 8.69. The van der Waals surface area contributed by atoms with Gasteiger partial charge in [-0.2, -0.15) is 0 Å². The number of carboxylic acids is 1. The number of anilines is 1. The Morgan fingerprint density at radius 1 is 1.44 bits per heavy atom. The van der Waals surface area contributed by atoms with Crippen molar-refractivity contribution in [1.82, 2.24) is 0 Å². The molecule has 0 radical (unpaired) electrons. The Balaban J connectivity index is 1.94. The van der Waals surface area contributed by atoms with Gasteiger partial charge in [-0.25, -0.2) is 0 Å². The number of methoxy groups -OCH3 is 1. The number of nitrogens with one attached hydrogen (secondary N) is 1. The van der Waals surface area contributed by atoms with E-state index in [-0.39, 0.29) is 6.54 Å². The smallest absolute Gasteiger partial charge is 0.120 e. The fourth-order valence-electron chi connectivity index (χ4n) is 2.27. The van der Waals surface area contributed by atoms with E-state index in [4.69, 9.17) is 4.74 Å². The molecular formula is C13H18N2O3. The van der Waals surface area contributed by atoms with Gasteiger partial charge in [-0.05, 0) is 12.1 Å². The lowest BCUT2D eigenvalue weighted by Gasteiger charge is -2.33. The maximum absolute atomic E-state index is 10.5. The highest BCUT2D eigenvalue weighted by atomic mass is 16.5. The summed E-state index contributed by atoms with van der Waals surface area (Å²) in [7, 11) is 1.65. The molecule has 0 bridgehead atoms. The normalized spacial score (nSPS) is 16.6. The minimum absolute atomic E-state index is 0.103. The molecule has 1 N–H and O–H groups in total. The van der Waals surface area contributed by atoms with Gasteiger partial charge in [-0.1, -0.05) is 6.07 Å². The minimum Gasteiger partial charge on any atom is -0.544 e. The summed E-state index contributed by atoms with van der Waals surface area (Å²) < 4.78 is 5.20. The van der Waals surface area contributed by atoms with E-state index in [9.17, 15) is 9.90 Å². The van der Waals surface area contributed by atoms with Crippen molar-refractivity contribution in [2.45, 2.75) is 0 Å². The summed E-state index contributed by atoms with van der Waals surface area (Å²) in [6.45, 7) is 3.47. The number of nitrogens with zero attached hydrogens (tertiary/aromatic N) is 1. The Kier molecular flexibility index (Phi) is 4.04. The van der Waals surface area contributed by atoms with E-state index in [1.165, 1.54) is 0 Å². The molecular weight excluding hydrogens is 232 g/mol. The SMILES string of the molecule is COc1cccc(N2CC[NH+](CC(=O)[O-])CC2)c1. The maximum Gasteiger partial charge on any atom is 0.120 e. The van der Waals surface area contributed by atoms with Crippen molar-refractivity contribution in [3.63, 3.8) is 0 Å². The predicted octanol–water partition coefficient (Wildman–Crippen LogP) is -1.85. The van der Waals surface area contributed by atoms with Gasteiger partial charge >= 0.3 is 0 Å². The maximum atomic E-state index is 10.5. The molecule has 1 aromatic rings. The average molecular weight is 250 g/mol. The minimum atomic E-state index is -0.972. The molecule has 0 saturated carbocycles. The molecule has 98 valence electrons. The van der Waals surface area contributed by atoms with Crippen LogP contribution in [0, 0.1) is 0 Å². The lowest BCUT2D eigenvalue weighted by Crippen LogP contribution is -3.16. The number of carbonyl (C=O) groups is 1. The number of hydrogen-bond donors (Lipinski definition) is 1. The second-order valence-electron chi connectivity index (χ2n) is 4.49. The van der Waals surface area contributed by atoms with Crippen LogP contribution in [0.2, 0.25) is 0 Å². The van der Waals surface area contributed by atoms with Gasteiger partial charge in [0, 0.05) is 11.8 Å². The molecule has 5 heteroatoms. The second-order valence-corrected chi connectivity index (χ2v) is 4.49. The van der Waals surface area contributed by atoms with Crippen molar-refractivity contribution in [3.8, 4) is 5.75 Å². The van der Waals surface area contributed by atoms with Crippen LogP contribution in [0.15, 0.2) is 24.3 Å². The van der Waals surface area contributed by atoms with Crippen LogP contribution in [0.1, 0.15) is 0 Å². The van der Waals surface area contributed by atoms with Crippen molar-refractivity contribution >= 4 is 11.7 Å². The number of rotatable bonds is 4. The predicted molar refractivity (Wildman–Crippen MR) is 65.8 cm³/mol. The molecule has 0 unspecified atom stereocenters. The fraction of sp³-hybridized carbons (Fsp3) is 0.462. The molecule has 18 heavy (non-hydrogen) atoms. The Hall–Kier alpha value is -1.75. The van der Waals surface area contributed by atoms with E-state index >= 15 is 0 Å². The van der Waals surface area contributed by atoms with Gasteiger partial charge in [0.2, 0.25) is 0 Å². The van der Waals surface area contributed by atoms with Crippen molar-refractivity contribution in [3.05, 3.63) is 24.3 Å². The van der Waals surface area contributed by atoms with E-state index in [0.717, 1.165) is 42.5 Å². The van der Waals surface area contributed by atoms with E-state index < -0.39 is 5.97 Å². The van der Waals surface area contributed by atoms with Gasteiger partial charge in [-0.3, -0.25) is 0 Å². The van der Waals surface area contributed by atoms with E-state index in [2.05, 4.69) is 4.90 Å². The van der Waals surface area contributed by atoms with Gasteiger partial charge < -0.3 is 24.4 Å². The molecule has 5 nitrogen and oxygen atoms in total. The monoisotopic (exact) mass is 250 g/mol. The molecule has 1 aliphatic heterocycles. The molecule has 0 atom stereocenters. The average Bonchev–Trinajstić information content (AvgIpc) is 2.39. The number of quaternary nitrogens is 1. The Morgan fingerprint density at radius 3 is 2.78 bits per heavy atom. The number of aliphatic carboxylic acids is 1. The third-order valence-electron chi connectivity index (χ3n) is 3.28. The Morgan fingerprint density at radius 2 is 2.17 bits per heavy atom. The van der Waals surface area contributed by atoms with E-state index in [0.29, 0.717) is 0 Å². The first-order valence-electron chi connectivity index (χ1n) is 6.11. The largest absolute Gasteiger partial charge is 0.544 e. The number of piperazine rings is 1. The highest BCUT2D eigenvalue weighted by Crippen LogP contribution is 2.20. The Labute approximate surface area is 107 Å². The topological polar surface area (TPSA) is 57.0 Å². The van der Waals surface area contributed by atoms with Crippen LogP contribution in [0.25, 0.3) is 0 Å². The zero-order valence-electron chi connectivity index (χ0n) is 10.5. The van der Waals surface area contributed by atoms with Gasteiger partial charge in [-0.15, -0.1) is 0 Å². The van der Waals surface area contributed by atoms with Crippen molar-refractivity contribution < 1.29 is 19.5 Å². The van der Waals surface area contributed by atoms with Crippen molar-refractivity contribution in [1.29, 1.82) is 0 Å². The fourth-order valence-corrected chi connectivity index (χ4v) is 2.27. The highest BCUT2D eigenvalue weighted by Gasteiger charge is 2.20. The quantitative estimate of drug-likeness (QED) is 0.681. The van der Waals surface area contributed by atoms with Crippen LogP contribution in [-0.2, 0) is 4.79 Å². The van der Waals surface area contributed by atoms with Gasteiger partial charge in [0.1, 0.15) is 12.3 Å². The number of benzene rings is 1. The number of hydrogen-bond acceptors (Lipinski definition) is 4. The van der Waals surface area contributed by atoms with Crippen LogP contribution in [0.4, 0.5) is 5.69 Å². The van der Waals surface area contributed by atoms with Crippen LogP contribution in [0.5, 0.6) is 5.75 Å². The van der Waals surface area contributed by atoms with E-state index in [1.54, 1.807) is 7.11 Å². The molecule has 1 fully saturated rings. The molecule has 0 amide bonds. The van der Waals surface area contributed by atoms with Crippen LogP contribution >= 0.6 is 0 Å². The summed E-state index contributed by atoms with van der Waals surface area (Å²) in [5.74, 6) is -0.128. The third kappa shape index (κ3) is 3.13. The third-order valence-corrected chi connectivity index (χ3v) is 3.28. The van der Waals surface area contributed by atoms with Crippen LogP contribution in [-0.4, -0.2) is 45.8 Å². The van der Waals surface area contributed by atoms with Crippen molar-refractivity contribution in [2.24, 2.45) is 0 Å². The van der Waals surface area contributed by atoms with Crippen LogP contribution < -0.4 is 19.6 Å². The second kappa shape index (κ2) is 5.73. The zero-order chi connectivity index (χ0) is 13.0. The van der Waals surface area contributed by atoms with Crippen molar-refractivity contribution in [2.75, 3.05) is 44.7 Å². The molecule has 2 rings (SSSR count). The highest BCUT2D eigenvalue weighted by molar-refractivity contribution is 5.65. The Bertz CT molecular complexity index is 414. The number of ether oxygens (including phenoxy) is 1. The number of carbonyl (C=O) groups excluding carboxylic acids is 1. The molecule has 1 aliphatic rings. The summed E-state index contributed by atoms with van der Waals surface area (Å²) >= 11 is 0. The molecule has 1 heterocycles. The summed E-state index contributed by atoms with van der Waals surface area (Å²) in [5.41, 5.74) is 1.13. The lowest BCUT2D eigenvalue weighted by atomic mass is 10.2. The van der Waals surface area contributed by atoms with Gasteiger partial charge in [0.25, 0.3) is 0 Å². The summed E-state index contributed by atoms with van der Waals surface area (Å²) in [6.07, 6.45) is 0. The molecule has 1 aromatic carbocycles. The van der Waals surface area contributed by atoms with Gasteiger partial charge in [0.05, 0.1) is 39.3 Å². The first kappa shape index (κ1) is 12.7. The van der Waals surface area contributed by atoms with E-state index in [1.807, 2.05) is 24.3 Å². The van der Waals surface area contributed by atoms with Gasteiger partial charge in [0.15, 0.2) is 0 Å². The summed E-state index contributed by atoms with van der Waals surface area (Å²) in [4.78, 5) is 13.9. The molecule has 0 spiro atoms. The molecule has 1 saturated heterocycles. The number of carboxylic acid groups (broad SMARTS) is 1. The lowest BCUT2D eigenvalue weighted by molar-refractivity contribution is -0.894. The molecule has 0 aliphatic carbocycles. The summed E-state index contributed by atoms with van der Waals surface area (Å²) in [5, 5.41) is 10.5. The van der Waals surface area contributed by atoms with Crippen LogP contribution in [0.3, 0.4) is 0 Å². The first-order valence-corrected chi connectivity index (χ1v) is 6.11.